The SMILES string of the molecule is CCC(C(C)C1CC1)C(C)(C)O. The summed E-state index contributed by atoms with van der Waals surface area (Å²) < 4.78 is 0. The van der Waals surface area contributed by atoms with Crippen LogP contribution in [0.4, 0.5) is 0 Å². The van der Waals surface area contributed by atoms with Gasteiger partial charge in [-0.15, -0.1) is 0 Å². The molecule has 0 saturated heterocycles. The molecule has 0 radical (unpaired) electrons. The lowest BCUT2D eigenvalue weighted by molar-refractivity contribution is -0.0134. The normalized spacial score (nSPS) is 23.8. The fourth-order valence-electron chi connectivity index (χ4n) is 2.47. The van der Waals surface area contributed by atoms with Crippen LogP contribution in [-0.2, 0) is 0 Å². The summed E-state index contributed by atoms with van der Waals surface area (Å²) in [6.45, 7) is 8.37. The van der Waals surface area contributed by atoms with E-state index in [2.05, 4.69) is 13.8 Å². The zero-order chi connectivity index (χ0) is 9.35. The summed E-state index contributed by atoms with van der Waals surface area (Å²) in [6, 6.07) is 0. The van der Waals surface area contributed by atoms with E-state index in [1.165, 1.54) is 12.8 Å². The molecule has 1 saturated carbocycles. The molecule has 72 valence electrons. The largest absolute Gasteiger partial charge is 0.390 e. The zero-order valence-electron chi connectivity index (χ0n) is 8.80. The molecule has 1 aliphatic carbocycles. The zero-order valence-corrected chi connectivity index (χ0v) is 8.80. The predicted octanol–water partition coefficient (Wildman–Crippen LogP) is 2.83. The van der Waals surface area contributed by atoms with Gasteiger partial charge in [0, 0.05) is 0 Å². The van der Waals surface area contributed by atoms with Crippen LogP contribution in [0.15, 0.2) is 0 Å². The monoisotopic (exact) mass is 170 g/mol. The maximum absolute atomic E-state index is 9.92. The third-order valence-electron chi connectivity index (χ3n) is 3.35. The number of hydrogen-bond donors (Lipinski definition) is 1. The van der Waals surface area contributed by atoms with Gasteiger partial charge in [-0.05, 0) is 44.4 Å². The summed E-state index contributed by atoms with van der Waals surface area (Å²) in [5, 5.41) is 9.92. The average molecular weight is 170 g/mol. The van der Waals surface area contributed by atoms with Crippen molar-refractivity contribution in [1.82, 2.24) is 0 Å². The topological polar surface area (TPSA) is 20.2 Å². The first kappa shape index (κ1) is 10.0. The minimum absolute atomic E-state index is 0.477. The molecular weight excluding hydrogens is 148 g/mol. The number of aliphatic hydroxyl groups is 1. The molecule has 0 aromatic carbocycles. The first-order valence-electron chi connectivity index (χ1n) is 5.19. The molecule has 1 rings (SSSR count). The molecule has 0 aliphatic heterocycles. The van der Waals surface area contributed by atoms with Crippen LogP contribution in [0, 0.1) is 17.8 Å². The fourth-order valence-corrected chi connectivity index (χ4v) is 2.47. The third-order valence-corrected chi connectivity index (χ3v) is 3.35. The molecule has 1 fully saturated rings. The Kier molecular flexibility index (Phi) is 2.82. The molecule has 0 amide bonds. The summed E-state index contributed by atoms with van der Waals surface area (Å²) in [5.74, 6) is 2.08. The lowest BCUT2D eigenvalue weighted by Crippen LogP contribution is -2.35. The molecule has 0 heterocycles. The van der Waals surface area contributed by atoms with Crippen molar-refractivity contribution in [3.05, 3.63) is 0 Å². The first-order valence-corrected chi connectivity index (χ1v) is 5.19. The lowest BCUT2D eigenvalue weighted by Gasteiger charge is -2.33. The van der Waals surface area contributed by atoms with E-state index in [1.807, 2.05) is 13.8 Å². The summed E-state index contributed by atoms with van der Waals surface area (Å²) in [7, 11) is 0. The van der Waals surface area contributed by atoms with E-state index in [0.717, 1.165) is 12.3 Å². The van der Waals surface area contributed by atoms with Crippen molar-refractivity contribution < 1.29 is 5.11 Å². The van der Waals surface area contributed by atoms with Gasteiger partial charge in [0.2, 0.25) is 0 Å². The maximum Gasteiger partial charge on any atom is 0.0622 e. The molecule has 0 aromatic heterocycles. The van der Waals surface area contributed by atoms with Gasteiger partial charge in [-0.25, -0.2) is 0 Å². The molecule has 1 heteroatoms. The van der Waals surface area contributed by atoms with Crippen LogP contribution in [-0.4, -0.2) is 10.7 Å². The molecule has 1 nitrogen and oxygen atoms in total. The molecule has 2 atom stereocenters. The number of hydrogen-bond acceptors (Lipinski definition) is 1. The summed E-state index contributed by atoms with van der Waals surface area (Å²) in [6.07, 6.45) is 3.86. The molecule has 1 N–H and O–H groups in total. The van der Waals surface area contributed by atoms with Crippen molar-refractivity contribution in [2.24, 2.45) is 17.8 Å². The number of rotatable bonds is 4. The molecular formula is C11H22O. The fraction of sp³-hybridized carbons (Fsp3) is 1.00. The Morgan fingerprint density at radius 1 is 1.42 bits per heavy atom. The van der Waals surface area contributed by atoms with E-state index in [9.17, 15) is 5.11 Å². The van der Waals surface area contributed by atoms with E-state index in [1.54, 1.807) is 0 Å². The van der Waals surface area contributed by atoms with Gasteiger partial charge in [0.15, 0.2) is 0 Å². The van der Waals surface area contributed by atoms with Crippen molar-refractivity contribution in [3.63, 3.8) is 0 Å². The van der Waals surface area contributed by atoms with E-state index >= 15 is 0 Å². The van der Waals surface area contributed by atoms with E-state index in [0.29, 0.717) is 11.8 Å². The van der Waals surface area contributed by atoms with Crippen LogP contribution in [0.25, 0.3) is 0 Å². The highest BCUT2D eigenvalue weighted by Crippen LogP contribution is 2.44. The van der Waals surface area contributed by atoms with Gasteiger partial charge < -0.3 is 5.11 Å². The van der Waals surface area contributed by atoms with E-state index in [4.69, 9.17) is 0 Å². The quantitative estimate of drug-likeness (QED) is 0.688. The van der Waals surface area contributed by atoms with E-state index < -0.39 is 5.60 Å². The smallest absolute Gasteiger partial charge is 0.0622 e. The summed E-state index contributed by atoms with van der Waals surface area (Å²) in [5.41, 5.74) is -0.489. The van der Waals surface area contributed by atoms with Crippen LogP contribution in [0.3, 0.4) is 0 Å². The average Bonchev–Trinajstić information content (AvgIpc) is 2.65. The van der Waals surface area contributed by atoms with Crippen molar-refractivity contribution >= 4 is 0 Å². The highest BCUT2D eigenvalue weighted by atomic mass is 16.3. The second kappa shape index (κ2) is 3.37. The molecule has 12 heavy (non-hydrogen) atoms. The highest BCUT2D eigenvalue weighted by Gasteiger charge is 2.38. The predicted molar refractivity (Wildman–Crippen MR) is 52.0 cm³/mol. The Labute approximate surface area is 76.2 Å². The second-order valence-electron chi connectivity index (χ2n) is 4.86. The minimum Gasteiger partial charge on any atom is -0.390 e. The summed E-state index contributed by atoms with van der Waals surface area (Å²) in [4.78, 5) is 0. The third kappa shape index (κ3) is 2.22. The van der Waals surface area contributed by atoms with Gasteiger partial charge in [0.25, 0.3) is 0 Å². The van der Waals surface area contributed by atoms with Gasteiger partial charge in [0.05, 0.1) is 5.60 Å². The van der Waals surface area contributed by atoms with Crippen LogP contribution >= 0.6 is 0 Å². The Morgan fingerprint density at radius 3 is 2.17 bits per heavy atom. The van der Waals surface area contributed by atoms with Crippen molar-refractivity contribution in [3.8, 4) is 0 Å². The van der Waals surface area contributed by atoms with E-state index in [-0.39, 0.29) is 0 Å². The van der Waals surface area contributed by atoms with Crippen molar-refractivity contribution in [2.45, 2.75) is 52.6 Å². The lowest BCUT2D eigenvalue weighted by atomic mass is 9.77. The van der Waals surface area contributed by atoms with Crippen molar-refractivity contribution in [1.29, 1.82) is 0 Å². The van der Waals surface area contributed by atoms with Gasteiger partial charge in [-0.3, -0.25) is 0 Å². The molecule has 0 aromatic rings. The molecule has 0 spiro atoms. The van der Waals surface area contributed by atoms with Gasteiger partial charge in [-0.2, -0.15) is 0 Å². The van der Waals surface area contributed by atoms with Gasteiger partial charge in [-0.1, -0.05) is 20.3 Å². The Morgan fingerprint density at radius 2 is 1.92 bits per heavy atom. The van der Waals surface area contributed by atoms with Crippen LogP contribution < -0.4 is 0 Å². The van der Waals surface area contributed by atoms with Crippen LogP contribution in [0.1, 0.15) is 47.0 Å². The van der Waals surface area contributed by atoms with Crippen LogP contribution in [0.2, 0.25) is 0 Å². The molecule has 2 unspecified atom stereocenters. The second-order valence-corrected chi connectivity index (χ2v) is 4.86. The van der Waals surface area contributed by atoms with Gasteiger partial charge >= 0.3 is 0 Å². The van der Waals surface area contributed by atoms with Crippen molar-refractivity contribution in [2.75, 3.05) is 0 Å². The first-order chi connectivity index (χ1) is 5.46. The Balaban J connectivity index is 2.53. The molecule has 0 bridgehead atoms. The van der Waals surface area contributed by atoms with Gasteiger partial charge in [0.1, 0.15) is 0 Å². The Bertz CT molecular complexity index is 142. The maximum atomic E-state index is 9.92. The highest BCUT2D eigenvalue weighted by molar-refractivity contribution is 4.88. The summed E-state index contributed by atoms with van der Waals surface area (Å²) >= 11 is 0. The minimum atomic E-state index is -0.489. The van der Waals surface area contributed by atoms with Crippen LogP contribution in [0.5, 0.6) is 0 Å². The molecule has 1 aliphatic rings. The standard InChI is InChI=1S/C11H22O/c1-5-10(11(3,4)12)8(2)9-6-7-9/h8-10,12H,5-7H2,1-4H3. The Hall–Kier alpha value is -0.0400.